The van der Waals surface area contributed by atoms with Crippen molar-refractivity contribution in [3.05, 3.63) is 27.3 Å². The first kappa shape index (κ1) is 34.7. The standard InChI is InChI=1S/C23H37ClN4O5.2C2H6/c1-6-9-17(16-26(5)22(29)33-23(2,3)4)25-21-18(28(30)31)10-11-19(20(21)24)32-15-14-27-12-7-8-13-27;2*1-2/h10-11,17,25H,6-9,12-16H2,1-5H3;2*1-2H3. The number of anilines is 1. The second-order valence-electron chi connectivity index (χ2n) is 9.42. The van der Waals surface area contributed by atoms with Crippen LogP contribution in [0.3, 0.4) is 0 Å². The lowest BCUT2D eigenvalue weighted by Crippen LogP contribution is -2.41. The van der Waals surface area contributed by atoms with Crippen molar-refractivity contribution in [3.63, 3.8) is 0 Å². The van der Waals surface area contributed by atoms with Crippen molar-refractivity contribution in [1.29, 1.82) is 0 Å². The van der Waals surface area contributed by atoms with Gasteiger partial charge in [-0.2, -0.15) is 0 Å². The highest BCUT2D eigenvalue weighted by Crippen LogP contribution is 2.40. The van der Waals surface area contributed by atoms with Gasteiger partial charge in [-0.1, -0.05) is 52.6 Å². The van der Waals surface area contributed by atoms with E-state index in [2.05, 4.69) is 10.2 Å². The molecule has 1 fully saturated rings. The van der Waals surface area contributed by atoms with E-state index < -0.39 is 16.6 Å². The van der Waals surface area contributed by atoms with Crippen LogP contribution in [0.25, 0.3) is 0 Å². The van der Waals surface area contributed by atoms with Crippen molar-refractivity contribution in [1.82, 2.24) is 9.80 Å². The number of rotatable bonds is 11. The molecule has 0 radical (unpaired) electrons. The van der Waals surface area contributed by atoms with E-state index in [1.807, 2.05) is 34.6 Å². The minimum Gasteiger partial charge on any atom is -0.491 e. The summed E-state index contributed by atoms with van der Waals surface area (Å²) in [6, 6.07) is 2.68. The third-order valence-corrected chi connectivity index (χ3v) is 5.71. The number of hydrogen-bond donors (Lipinski definition) is 1. The second kappa shape index (κ2) is 18.1. The normalized spacial score (nSPS) is 13.9. The summed E-state index contributed by atoms with van der Waals surface area (Å²) in [7, 11) is 1.65. The zero-order valence-electron chi connectivity index (χ0n) is 24.4. The molecule has 10 heteroatoms. The Hall–Kier alpha value is -2.26. The molecule has 37 heavy (non-hydrogen) atoms. The minimum absolute atomic E-state index is 0.132. The number of ether oxygens (including phenoxy) is 2. The largest absolute Gasteiger partial charge is 0.491 e. The summed E-state index contributed by atoms with van der Waals surface area (Å²) in [6.07, 6.45) is 3.44. The van der Waals surface area contributed by atoms with E-state index in [1.165, 1.54) is 29.9 Å². The Kier molecular flexibility index (Phi) is 17.0. The predicted molar refractivity (Wildman–Crippen MR) is 153 cm³/mol. The molecule has 1 aromatic carbocycles. The van der Waals surface area contributed by atoms with Crippen LogP contribution in [0.4, 0.5) is 16.2 Å². The van der Waals surface area contributed by atoms with E-state index in [-0.39, 0.29) is 22.4 Å². The van der Waals surface area contributed by atoms with Gasteiger partial charge in [0.1, 0.15) is 28.7 Å². The van der Waals surface area contributed by atoms with Gasteiger partial charge in [0.15, 0.2) is 0 Å². The van der Waals surface area contributed by atoms with Crippen LogP contribution in [0, 0.1) is 10.1 Å². The monoisotopic (exact) mass is 544 g/mol. The van der Waals surface area contributed by atoms with Gasteiger partial charge in [-0.3, -0.25) is 15.0 Å². The van der Waals surface area contributed by atoms with Crippen molar-refractivity contribution in [2.45, 2.75) is 92.7 Å². The molecule has 1 unspecified atom stereocenters. The van der Waals surface area contributed by atoms with Gasteiger partial charge in [0.25, 0.3) is 5.69 Å². The number of nitrogens with zero attached hydrogens (tertiary/aromatic N) is 3. The fraction of sp³-hybridized carbons (Fsp3) is 0.741. The molecule has 0 aromatic heterocycles. The highest BCUT2D eigenvalue weighted by atomic mass is 35.5. The summed E-state index contributed by atoms with van der Waals surface area (Å²) in [5, 5.41) is 15.1. The molecule has 1 aromatic rings. The van der Waals surface area contributed by atoms with E-state index in [0.29, 0.717) is 25.3 Å². The molecule has 1 aliphatic heterocycles. The molecule has 1 N–H and O–H groups in total. The van der Waals surface area contributed by atoms with Gasteiger partial charge in [0.05, 0.1) is 4.92 Å². The molecule has 0 bridgehead atoms. The van der Waals surface area contributed by atoms with E-state index >= 15 is 0 Å². The van der Waals surface area contributed by atoms with E-state index in [4.69, 9.17) is 21.1 Å². The Labute approximate surface area is 229 Å². The summed E-state index contributed by atoms with van der Waals surface area (Å²) in [5.74, 6) is 0.403. The molecular formula is C27H49ClN4O5. The molecule has 1 heterocycles. The van der Waals surface area contributed by atoms with Crippen molar-refractivity contribution in [2.75, 3.05) is 45.2 Å². The first-order chi connectivity index (χ1) is 17.5. The number of carbonyl (C=O) groups is 1. The van der Waals surface area contributed by atoms with Crippen LogP contribution in [-0.2, 0) is 4.74 Å². The summed E-state index contributed by atoms with van der Waals surface area (Å²) in [5.41, 5.74) is -0.536. The van der Waals surface area contributed by atoms with Crippen LogP contribution >= 0.6 is 11.6 Å². The Balaban J connectivity index is 0.00000308. The van der Waals surface area contributed by atoms with Crippen LogP contribution in [0.15, 0.2) is 12.1 Å². The smallest absolute Gasteiger partial charge is 0.410 e. The highest BCUT2D eigenvalue weighted by molar-refractivity contribution is 6.35. The number of amides is 1. The van der Waals surface area contributed by atoms with Crippen LogP contribution in [0.1, 0.15) is 81.1 Å². The Bertz CT molecular complexity index is 811. The maximum absolute atomic E-state index is 12.4. The zero-order chi connectivity index (χ0) is 28.6. The van der Waals surface area contributed by atoms with Crippen LogP contribution < -0.4 is 10.1 Å². The first-order valence-corrected chi connectivity index (χ1v) is 13.9. The fourth-order valence-electron chi connectivity index (χ4n) is 3.75. The van der Waals surface area contributed by atoms with Gasteiger partial charge in [-0.25, -0.2) is 4.79 Å². The lowest BCUT2D eigenvalue weighted by molar-refractivity contribution is -0.384. The lowest BCUT2D eigenvalue weighted by Gasteiger charge is -2.28. The maximum Gasteiger partial charge on any atom is 0.410 e. The van der Waals surface area contributed by atoms with E-state index in [9.17, 15) is 14.9 Å². The molecule has 1 aliphatic rings. The average molecular weight is 545 g/mol. The van der Waals surface area contributed by atoms with Gasteiger partial charge in [-0.05, 0) is 59.2 Å². The molecule has 2 rings (SSSR count). The van der Waals surface area contributed by atoms with Crippen molar-refractivity contribution >= 4 is 29.1 Å². The molecule has 0 aliphatic carbocycles. The van der Waals surface area contributed by atoms with Crippen LogP contribution in [-0.4, -0.2) is 72.3 Å². The molecule has 0 saturated carbocycles. The van der Waals surface area contributed by atoms with Crippen LogP contribution in [0.2, 0.25) is 5.02 Å². The number of benzene rings is 1. The number of carbonyl (C=O) groups excluding carboxylic acids is 1. The van der Waals surface area contributed by atoms with Gasteiger partial charge < -0.3 is 19.7 Å². The summed E-state index contributed by atoms with van der Waals surface area (Å²) < 4.78 is 11.3. The van der Waals surface area contributed by atoms with Crippen molar-refractivity contribution < 1.29 is 19.2 Å². The van der Waals surface area contributed by atoms with Crippen molar-refractivity contribution in [2.24, 2.45) is 0 Å². The van der Waals surface area contributed by atoms with E-state index in [0.717, 1.165) is 26.1 Å². The third-order valence-electron chi connectivity index (χ3n) is 5.33. The van der Waals surface area contributed by atoms with Gasteiger partial charge in [0, 0.05) is 32.2 Å². The second-order valence-corrected chi connectivity index (χ2v) is 9.79. The SMILES string of the molecule is CC.CC.CCCC(CN(C)C(=O)OC(C)(C)C)Nc1c([N+](=O)[O-])ccc(OCCN2CCCC2)c1Cl. The van der Waals surface area contributed by atoms with Gasteiger partial charge >= 0.3 is 6.09 Å². The van der Waals surface area contributed by atoms with Crippen LogP contribution in [0.5, 0.6) is 5.75 Å². The Morgan fingerprint density at radius 2 is 1.81 bits per heavy atom. The third kappa shape index (κ3) is 12.7. The summed E-state index contributed by atoms with van der Waals surface area (Å²) >= 11 is 6.57. The number of nitro groups is 1. The zero-order valence-corrected chi connectivity index (χ0v) is 25.1. The lowest BCUT2D eigenvalue weighted by atomic mass is 10.1. The highest BCUT2D eigenvalue weighted by Gasteiger charge is 2.26. The Morgan fingerprint density at radius 3 is 2.32 bits per heavy atom. The molecule has 0 spiro atoms. The van der Waals surface area contributed by atoms with Crippen molar-refractivity contribution in [3.8, 4) is 5.75 Å². The number of nitrogens with one attached hydrogen (secondary N) is 1. The Morgan fingerprint density at radius 1 is 1.22 bits per heavy atom. The number of likely N-dealkylation sites (tertiary alicyclic amines) is 1. The summed E-state index contributed by atoms with van der Waals surface area (Å²) in [4.78, 5) is 27.4. The molecule has 1 amide bonds. The molecule has 1 atom stereocenters. The minimum atomic E-state index is -0.609. The van der Waals surface area contributed by atoms with Gasteiger partial charge in [-0.15, -0.1) is 0 Å². The first-order valence-electron chi connectivity index (χ1n) is 13.5. The molecule has 1 saturated heterocycles. The number of nitro benzene ring substituents is 1. The molecular weight excluding hydrogens is 496 g/mol. The maximum atomic E-state index is 12.4. The topological polar surface area (TPSA) is 97.2 Å². The quantitative estimate of drug-likeness (QED) is 0.232. The average Bonchev–Trinajstić information content (AvgIpc) is 3.36. The summed E-state index contributed by atoms with van der Waals surface area (Å²) in [6.45, 7) is 19.1. The molecule has 9 nitrogen and oxygen atoms in total. The van der Waals surface area contributed by atoms with Gasteiger partial charge in [0.2, 0.25) is 0 Å². The number of likely N-dealkylation sites (N-methyl/N-ethyl adjacent to an activating group) is 1. The number of halogens is 1. The predicted octanol–water partition coefficient (Wildman–Crippen LogP) is 7.22. The molecule has 214 valence electrons. The fourth-order valence-corrected chi connectivity index (χ4v) is 4.01. The van der Waals surface area contributed by atoms with E-state index in [1.54, 1.807) is 27.8 Å². The number of hydrogen-bond acceptors (Lipinski definition) is 7.